The zero-order valence-electron chi connectivity index (χ0n) is 15.5. The lowest BCUT2D eigenvalue weighted by Gasteiger charge is -2.12. The molecule has 0 amide bonds. The van der Waals surface area contributed by atoms with Gasteiger partial charge in [0.05, 0.1) is 18.7 Å². The van der Waals surface area contributed by atoms with Gasteiger partial charge < -0.3 is 19.3 Å². The Hall–Kier alpha value is -3.06. The smallest absolute Gasteiger partial charge is 0.309 e. The number of hydrogen-bond acceptors (Lipinski definition) is 6. The third kappa shape index (κ3) is 5.47. The van der Waals surface area contributed by atoms with Crippen LogP contribution in [0, 0.1) is 0 Å². The van der Waals surface area contributed by atoms with E-state index in [4.69, 9.17) is 19.3 Å². The minimum Gasteiger partial charge on any atom is -0.490 e. The molecule has 0 unspecified atom stereocenters. The van der Waals surface area contributed by atoms with E-state index < -0.39 is 5.97 Å². The van der Waals surface area contributed by atoms with Gasteiger partial charge in [0.15, 0.2) is 11.5 Å². The van der Waals surface area contributed by atoms with E-state index in [0.717, 1.165) is 10.6 Å². The van der Waals surface area contributed by atoms with Crippen LogP contribution in [0.3, 0.4) is 0 Å². The molecular weight excluding hydrogens is 378 g/mol. The highest BCUT2D eigenvalue weighted by Crippen LogP contribution is 2.28. The Morgan fingerprint density at radius 2 is 1.79 bits per heavy atom. The van der Waals surface area contributed by atoms with Gasteiger partial charge >= 0.3 is 5.97 Å². The third-order valence-corrected chi connectivity index (χ3v) is 4.66. The number of benzene rings is 2. The lowest BCUT2D eigenvalue weighted by atomic mass is 10.2. The summed E-state index contributed by atoms with van der Waals surface area (Å²) in [5, 5.41) is 11.4. The molecule has 0 radical (unpaired) electrons. The summed E-state index contributed by atoms with van der Waals surface area (Å²) in [5.41, 5.74) is 1.45. The molecule has 3 rings (SSSR count). The van der Waals surface area contributed by atoms with Crippen LogP contribution in [0.25, 0.3) is 10.6 Å². The Bertz CT molecular complexity index is 924. The van der Waals surface area contributed by atoms with E-state index in [1.54, 1.807) is 5.38 Å². The zero-order chi connectivity index (χ0) is 19.8. The normalized spacial score (nSPS) is 10.5. The van der Waals surface area contributed by atoms with Crippen molar-refractivity contribution in [3.05, 3.63) is 59.6 Å². The maximum Gasteiger partial charge on any atom is 0.309 e. The van der Waals surface area contributed by atoms with E-state index in [0.29, 0.717) is 42.8 Å². The summed E-state index contributed by atoms with van der Waals surface area (Å²) in [5.74, 6) is 1.22. The molecule has 146 valence electrons. The van der Waals surface area contributed by atoms with Crippen LogP contribution in [0.5, 0.6) is 17.2 Å². The van der Waals surface area contributed by atoms with E-state index in [-0.39, 0.29) is 6.42 Å². The van der Waals surface area contributed by atoms with Crippen LogP contribution in [0.4, 0.5) is 0 Å². The van der Waals surface area contributed by atoms with Gasteiger partial charge in [-0.15, -0.1) is 11.3 Å². The van der Waals surface area contributed by atoms with Crippen LogP contribution in [0.15, 0.2) is 53.9 Å². The number of aromatic nitrogens is 1. The first kappa shape index (κ1) is 19.7. The minimum atomic E-state index is -0.889. The van der Waals surface area contributed by atoms with Gasteiger partial charge in [0, 0.05) is 10.9 Å². The topological polar surface area (TPSA) is 77.9 Å². The second-order valence-corrected chi connectivity index (χ2v) is 6.68. The van der Waals surface area contributed by atoms with Crippen LogP contribution in [-0.2, 0) is 11.2 Å². The van der Waals surface area contributed by atoms with Gasteiger partial charge in [-0.1, -0.05) is 24.3 Å². The van der Waals surface area contributed by atoms with Crippen molar-refractivity contribution in [2.75, 3.05) is 19.8 Å². The SMILES string of the molecule is CCOc1ccccc1OCCOc1cccc(-c2nc(CC(=O)O)cs2)c1. The molecule has 0 bridgehead atoms. The van der Waals surface area contributed by atoms with Gasteiger partial charge in [-0.05, 0) is 31.2 Å². The molecule has 0 aliphatic heterocycles. The molecule has 0 fully saturated rings. The highest BCUT2D eigenvalue weighted by molar-refractivity contribution is 7.13. The Labute approximate surface area is 167 Å². The number of ether oxygens (including phenoxy) is 3. The van der Waals surface area contributed by atoms with Gasteiger partial charge in [0.25, 0.3) is 0 Å². The lowest BCUT2D eigenvalue weighted by Crippen LogP contribution is -2.09. The number of para-hydroxylation sites is 2. The van der Waals surface area contributed by atoms with Crippen molar-refractivity contribution in [3.8, 4) is 27.8 Å². The average Bonchev–Trinajstić information content (AvgIpc) is 3.15. The summed E-state index contributed by atoms with van der Waals surface area (Å²) < 4.78 is 17.1. The summed E-state index contributed by atoms with van der Waals surface area (Å²) in [6, 6.07) is 15.1. The van der Waals surface area contributed by atoms with Gasteiger partial charge in [-0.2, -0.15) is 0 Å². The maximum atomic E-state index is 10.8. The lowest BCUT2D eigenvalue weighted by molar-refractivity contribution is -0.136. The van der Waals surface area contributed by atoms with Crippen molar-refractivity contribution < 1.29 is 24.1 Å². The highest BCUT2D eigenvalue weighted by Gasteiger charge is 2.09. The Balaban J connectivity index is 1.55. The maximum absolute atomic E-state index is 10.8. The number of carboxylic acids is 1. The summed E-state index contributed by atoms with van der Waals surface area (Å²) >= 11 is 1.42. The molecule has 3 aromatic rings. The van der Waals surface area contributed by atoms with Gasteiger partial charge in [-0.25, -0.2) is 4.98 Å². The number of rotatable bonds is 10. The molecule has 6 nitrogen and oxygen atoms in total. The number of carbonyl (C=O) groups is 1. The van der Waals surface area contributed by atoms with Crippen LogP contribution < -0.4 is 14.2 Å². The predicted octanol–water partition coefficient (Wildman–Crippen LogP) is 4.29. The number of thiazole rings is 1. The molecule has 0 saturated carbocycles. The number of nitrogens with zero attached hydrogens (tertiary/aromatic N) is 1. The summed E-state index contributed by atoms with van der Waals surface area (Å²) in [4.78, 5) is 15.2. The van der Waals surface area contributed by atoms with Crippen molar-refractivity contribution in [2.45, 2.75) is 13.3 Å². The van der Waals surface area contributed by atoms with E-state index in [9.17, 15) is 4.79 Å². The Morgan fingerprint density at radius 3 is 2.54 bits per heavy atom. The number of hydrogen-bond donors (Lipinski definition) is 1. The van der Waals surface area contributed by atoms with E-state index in [2.05, 4.69) is 4.98 Å². The fourth-order valence-corrected chi connectivity index (χ4v) is 3.37. The molecule has 0 aliphatic carbocycles. The first-order valence-electron chi connectivity index (χ1n) is 8.89. The Kier molecular flexibility index (Phi) is 6.86. The van der Waals surface area contributed by atoms with Crippen LogP contribution in [0.1, 0.15) is 12.6 Å². The average molecular weight is 399 g/mol. The molecule has 7 heteroatoms. The zero-order valence-corrected chi connectivity index (χ0v) is 16.3. The minimum absolute atomic E-state index is 0.0761. The monoisotopic (exact) mass is 399 g/mol. The number of carboxylic acid groups (broad SMARTS) is 1. The quantitative estimate of drug-likeness (QED) is 0.512. The summed E-state index contributed by atoms with van der Waals surface area (Å²) in [7, 11) is 0. The molecule has 1 aromatic heterocycles. The van der Waals surface area contributed by atoms with Crippen LogP contribution >= 0.6 is 11.3 Å². The molecule has 0 spiro atoms. The number of aliphatic carboxylic acids is 1. The molecule has 0 atom stereocenters. The van der Waals surface area contributed by atoms with Crippen molar-refractivity contribution in [1.29, 1.82) is 0 Å². The molecular formula is C21H21NO5S. The second-order valence-electron chi connectivity index (χ2n) is 5.82. The second kappa shape index (κ2) is 9.75. The fourth-order valence-electron chi connectivity index (χ4n) is 2.55. The fraction of sp³-hybridized carbons (Fsp3) is 0.238. The van der Waals surface area contributed by atoms with Crippen molar-refractivity contribution in [2.24, 2.45) is 0 Å². The standard InChI is InChI=1S/C21H21NO5S/c1-2-25-18-8-3-4-9-19(18)27-11-10-26-17-7-5-6-15(12-17)21-22-16(14-28-21)13-20(23)24/h3-9,12,14H,2,10-11,13H2,1H3,(H,23,24). The first-order chi connectivity index (χ1) is 13.7. The summed E-state index contributed by atoms with van der Waals surface area (Å²) in [6.45, 7) is 3.27. The van der Waals surface area contributed by atoms with Gasteiger partial charge in [-0.3, -0.25) is 4.79 Å². The molecule has 1 heterocycles. The van der Waals surface area contributed by atoms with E-state index >= 15 is 0 Å². The first-order valence-corrected chi connectivity index (χ1v) is 9.77. The third-order valence-electron chi connectivity index (χ3n) is 3.72. The molecule has 28 heavy (non-hydrogen) atoms. The highest BCUT2D eigenvalue weighted by atomic mass is 32.1. The predicted molar refractivity (Wildman–Crippen MR) is 107 cm³/mol. The van der Waals surface area contributed by atoms with Crippen molar-refractivity contribution in [1.82, 2.24) is 4.98 Å². The van der Waals surface area contributed by atoms with Gasteiger partial charge in [0.2, 0.25) is 0 Å². The van der Waals surface area contributed by atoms with E-state index in [1.807, 2.05) is 55.5 Å². The van der Waals surface area contributed by atoms with Gasteiger partial charge in [0.1, 0.15) is 24.0 Å². The molecule has 0 aliphatic rings. The Morgan fingerprint density at radius 1 is 1.04 bits per heavy atom. The molecule has 0 saturated heterocycles. The van der Waals surface area contributed by atoms with Crippen molar-refractivity contribution >= 4 is 17.3 Å². The van der Waals surface area contributed by atoms with Crippen LogP contribution in [0.2, 0.25) is 0 Å². The van der Waals surface area contributed by atoms with Crippen LogP contribution in [-0.4, -0.2) is 35.9 Å². The largest absolute Gasteiger partial charge is 0.490 e. The molecule has 1 N–H and O–H groups in total. The van der Waals surface area contributed by atoms with Crippen molar-refractivity contribution in [3.63, 3.8) is 0 Å². The van der Waals surface area contributed by atoms with E-state index in [1.165, 1.54) is 11.3 Å². The molecule has 2 aromatic carbocycles. The summed E-state index contributed by atoms with van der Waals surface area (Å²) in [6.07, 6.45) is -0.0761.